The fourth-order valence-electron chi connectivity index (χ4n) is 3.60. The molecule has 0 saturated carbocycles. The van der Waals surface area contributed by atoms with E-state index in [0.29, 0.717) is 30.1 Å². The zero-order valence-corrected chi connectivity index (χ0v) is 18.4. The van der Waals surface area contributed by atoms with Gasteiger partial charge in [0, 0.05) is 18.1 Å². The number of unbranched alkanes of at least 4 members (excludes halogenated alkanes) is 9. The molecule has 2 aromatic rings. The Morgan fingerprint density at radius 3 is 2.07 bits per heavy atom. The van der Waals surface area contributed by atoms with Crippen molar-refractivity contribution in [2.24, 2.45) is 5.16 Å². The van der Waals surface area contributed by atoms with Crippen LogP contribution in [0.4, 0.5) is 0 Å². The number of nitrogens with zero attached hydrogens (tertiary/aromatic N) is 1. The van der Waals surface area contributed by atoms with Crippen molar-refractivity contribution < 1.29 is 15.1 Å². The molecular formula is C26H37NO3. The molecule has 2 aromatic carbocycles. The van der Waals surface area contributed by atoms with Gasteiger partial charge in [-0.2, -0.15) is 0 Å². The molecule has 0 atom stereocenters. The van der Waals surface area contributed by atoms with Crippen LogP contribution in [0.2, 0.25) is 0 Å². The van der Waals surface area contributed by atoms with Crippen molar-refractivity contribution in [1.82, 2.24) is 0 Å². The minimum atomic E-state index is 0.0688. The van der Waals surface area contributed by atoms with Crippen LogP contribution in [-0.2, 0) is 6.42 Å². The Labute approximate surface area is 181 Å². The first-order valence-corrected chi connectivity index (χ1v) is 11.5. The average molecular weight is 412 g/mol. The molecule has 0 aromatic heterocycles. The van der Waals surface area contributed by atoms with Gasteiger partial charge in [-0.15, -0.1) is 0 Å². The van der Waals surface area contributed by atoms with E-state index in [1.807, 2.05) is 36.4 Å². The molecule has 4 heteroatoms. The van der Waals surface area contributed by atoms with Crippen LogP contribution in [0, 0.1) is 0 Å². The van der Waals surface area contributed by atoms with Crippen molar-refractivity contribution in [3.8, 4) is 11.5 Å². The number of phenolic OH excluding ortho intramolecular Hbond substituents is 1. The number of hydrogen-bond donors (Lipinski definition) is 2. The van der Waals surface area contributed by atoms with Gasteiger partial charge in [-0.25, -0.2) is 0 Å². The van der Waals surface area contributed by atoms with Gasteiger partial charge in [0.1, 0.15) is 11.5 Å². The molecule has 0 radical (unpaired) electrons. The maximum absolute atomic E-state index is 10.4. The van der Waals surface area contributed by atoms with Crippen molar-refractivity contribution in [2.75, 3.05) is 6.61 Å². The van der Waals surface area contributed by atoms with Gasteiger partial charge in [0.05, 0.1) is 12.3 Å². The first-order valence-electron chi connectivity index (χ1n) is 11.5. The highest BCUT2D eigenvalue weighted by atomic mass is 16.5. The largest absolute Gasteiger partial charge is 0.507 e. The zero-order valence-electron chi connectivity index (χ0n) is 18.4. The van der Waals surface area contributed by atoms with Gasteiger partial charge in [-0.05, 0) is 24.1 Å². The minimum Gasteiger partial charge on any atom is -0.507 e. The average Bonchev–Trinajstić information content (AvgIpc) is 2.77. The Balaban J connectivity index is 1.67. The lowest BCUT2D eigenvalue weighted by atomic mass is 10.0. The lowest BCUT2D eigenvalue weighted by molar-refractivity contribution is 0.302. The summed E-state index contributed by atoms with van der Waals surface area (Å²) in [5.41, 5.74) is 1.97. The molecule has 2 N–H and O–H groups in total. The first kappa shape index (κ1) is 23.8. The summed E-state index contributed by atoms with van der Waals surface area (Å²) < 4.78 is 5.78. The van der Waals surface area contributed by atoms with Gasteiger partial charge in [-0.3, -0.25) is 0 Å². The molecule has 2 rings (SSSR count). The summed E-state index contributed by atoms with van der Waals surface area (Å²) in [4.78, 5) is 0. The van der Waals surface area contributed by atoms with Crippen LogP contribution in [0.15, 0.2) is 53.7 Å². The molecule has 0 aliphatic carbocycles. The van der Waals surface area contributed by atoms with Gasteiger partial charge in [0.15, 0.2) is 0 Å². The second-order valence-electron chi connectivity index (χ2n) is 7.92. The molecule has 0 unspecified atom stereocenters. The third-order valence-corrected chi connectivity index (χ3v) is 5.38. The predicted molar refractivity (Wildman–Crippen MR) is 124 cm³/mol. The van der Waals surface area contributed by atoms with Crippen molar-refractivity contribution in [1.29, 1.82) is 0 Å². The van der Waals surface area contributed by atoms with E-state index in [2.05, 4.69) is 12.1 Å². The van der Waals surface area contributed by atoms with Crippen molar-refractivity contribution in [3.05, 3.63) is 59.7 Å². The minimum absolute atomic E-state index is 0.0688. The van der Waals surface area contributed by atoms with Crippen LogP contribution in [0.25, 0.3) is 0 Å². The van der Waals surface area contributed by atoms with Crippen LogP contribution in [0.5, 0.6) is 11.5 Å². The molecule has 0 aliphatic heterocycles. The van der Waals surface area contributed by atoms with Crippen LogP contribution in [0.1, 0.15) is 82.3 Å². The second kappa shape index (κ2) is 14.5. The molecular weight excluding hydrogens is 374 g/mol. The topological polar surface area (TPSA) is 62.0 Å². The normalized spacial score (nSPS) is 11.6. The Kier molecular flexibility index (Phi) is 11.5. The molecule has 164 valence electrons. The third-order valence-electron chi connectivity index (χ3n) is 5.38. The van der Waals surface area contributed by atoms with Crippen LogP contribution in [-0.4, -0.2) is 22.6 Å². The van der Waals surface area contributed by atoms with E-state index < -0.39 is 0 Å². The van der Waals surface area contributed by atoms with E-state index >= 15 is 0 Å². The summed E-state index contributed by atoms with van der Waals surface area (Å²) in [7, 11) is 0. The lowest BCUT2D eigenvalue weighted by Crippen LogP contribution is -2.06. The fraction of sp³-hybridized carbons (Fsp3) is 0.500. The van der Waals surface area contributed by atoms with Gasteiger partial charge in [-0.1, -0.05) is 100 Å². The van der Waals surface area contributed by atoms with Crippen molar-refractivity contribution in [3.63, 3.8) is 0 Å². The second-order valence-corrected chi connectivity index (χ2v) is 7.92. The smallest absolute Gasteiger partial charge is 0.128 e. The molecule has 0 bridgehead atoms. The zero-order chi connectivity index (χ0) is 21.4. The summed E-state index contributed by atoms with van der Waals surface area (Å²) in [5.74, 6) is 0.712. The molecule has 0 amide bonds. The van der Waals surface area contributed by atoms with Gasteiger partial charge in [0.25, 0.3) is 0 Å². The molecule has 0 heterocycles. The quantitative estimate of drug-likeness (QED) is 0.142. The number of phenols is 1. The Morgan fingerprint density at radius 1 is 0.833 bits per heavy atom. The van der Waals surface area contributed by atoms with Crippen molar-refractivity contribution in [2.45, 2.75) is 77.6 Å². The molecule has 4 nitrogen and oxygen atoms in total. The van der Waals surface area contributed by atoms with Crippen LogP contribution < -0.4 is 4.74 Å². The Morgan fingerprint density at radius 2 is 1.47 bits per heavy atom. The Hall–Kier alpha value is -2.49. The summed E-state index contributed by atoms with van der Waals surface area (Å²) in [5, 5.41) is 23.2. The predicted octanol–water partition coefficient (Wildman–Crippen LogP) is 7.11. The highest BCUT2D eigenvalue weighted by Gasteiger charge is 2.12. The molecule has 30 heavy (non-hydrogen) atoms. The number of hydrogen-bond acceptors (Lipinski definition) is 4. The van der Waals surface area contributed by atoms with E-state index in [9.17, 15) is 10.3 Å². The number of benzene rings is 2. The van der Waals surface area contributed by atoms with Crippen LogP contribution in [0.3, 0.4) is 0 Å². The number of rotatable bonds is 15. The van der Waals surface area contributed by atoms with Gasteiger partial charge in [0.2, 0.25) is 0 Å². The van der Waals surface area contributed by atoms with Gasteiger partial charge >= 0.3 is 0 Å². The highest BCUT2D eigenvalue weighted by molar-refractivity contribution is 6.03. The summed E-state index contributed by atoms with van der Waals surface area (Å²) in [6.45, 7) is 2.91. The summed E-state index contributed by atoms with van der Waals surface area (Å²) >= 11 is 0. The third kappa shape index (κ3) is 8.89. The molecule has 0 spiro atoms. The monoisotopic (exact) mass is 411 g/mol. The van der Waals surface area contributed by atoms with Crippen LogP contribution >= 0.6 is 0 Å². The first-order chi connectivity index (χ1) is 14.7. The molecule has 0 saturated heterocycles. The fourth-order valence-corrected chi connectivity index (χ4v) is 3.60. The summed E-state index contributed by atoms with van der Waals surface area (Å²) in [6.07, 6.45) is 13.4. The Bertz CT molecular complexity index is 743. The van der Waals surface area contributed by atoms with E-state index in [1.54, 1.807) is 12.1 Å². The molecule has 0 fully saturated rings. The highest BCUT2D eigenvalue weighted by Crippen LogP contribution is 2.25. The lowest BCUT2D eigenvalue weighted by Gasteiger charge is -2.11. The van der Waals surface area contributed by atoms with Crippen molar-refractivity contribution >= 4 is 5.71 Å². The maximum atomic E-state index is 10.4. The SMILES string of the molecule is CCCCCCCCCCCCOc1ccc(C(Cc2ccccc2)=NO)c(O)c1. The van der Waals surface area contributed by atoms with E-state index in [1.165, 1.54) is 57.8 Å². The number of ether oxygens (including phenoxy) is 1. The van der Waals surface area contributed by atoms with E-state index in [0.717, 1.165) is 12.0 Å². The van der Waals surface area contributed by atoms with E-state index in [-0.39, 0.29) is 5.75 Å². The number of oxime groups is 1. The van der Waals surface area contributed by atoms with Gasteiger partial charge < -0.3 is 15.1 Å². The maximum Gasteiger partial charge on any atom is 0.128 e. The standard InChI is InChI=1S/C26H37NO3/c1-2-3-4-5-6-7-8-9-10-14-19-30-23-17-18-24(26(28)21-23)25(27-29)20-22-15-12-11-13-16-22/h11-13,15-18,21,28-29H,2-10,14,19-20H2,1H3. The number of aromatic hydroxyl groups is 1. The van der Waals surface area contributed by atoms with E-state index in [4.69, 9.17) is 4.74 Å². The summed E-state index contributed by atoms with van der Waals surface area (Å²) in [6, 6.07) is 14.9. The molecule has 0 aliphatic rings.